The molecule has 0 bridgehead atoms. The van der Waals surface area contributed by atoms with Crippen LogP contribution in [-0.2, 0) is 23.0 Å². The topological polar surface area (TPSA) is 92.5 Å². The van der Waals surface area contributed by atoms with Crippen molar-refractivity contribution in [3.63, 3.8) is 0 Å². The van der Waals surface area contributed by atoms with Crippen molar-refractivity contribution < 1.29 is 9.53 Å². The first-order valence-electron chi connectivity index (χ1n) is 11.1. The molecule has 174 valence electrons. The number of esters is 1. The van der Waals surface area contributed by atoms with Gasteiger partial charge in [0.2, 0.25) is 5.78 Å². The van der Waals surface area contributed by atoms with Crippen LogP contribution >= 0.6 is 0 Å². The number of carbonyl (C=O) groups excluding carboxylic acids is 1. The minimum Gasteiger partial charge on any atom is -0.467 e. The molecule has 0 radical (unpaired) electrons. The van der Waals surface area contributed by atoms with Crippen molar-refractivity contribution in [2.75, 3.05) is 7.11 Å². The number of carbonyl (C=O) groups is 1. The average molecular weight is 452 g/mol. The van der Waals surface area contributed by atoms with E-state index in [2.05, 4.69) is 19.1 Å². The van der Waals surface area contributed by atoms with E-state index in [1.54, 1.807) is 11.4 Å². The van der Waals surface area contributed by atoms with E-state index in [4.69, 9.17) is 9.72 Å². The molecule has 3 aromatic heterocycles. The lowest BCUT2D eigenvalue weighted by molar-refractivity contribution is -0.144. The standard InChI is InChI=1S/C24H29N5O4/c1-7-8-9-17-10-12-18(13-11-17)27-14(2)15(3)28-19-20(25-23(27)28)26(5)24(32)29(21(19)30)16(4)22(31)33-6/h10-13,16H,7-9H2,1-6H3. The fourth-order valence-corrected chi connectivity index (χ4v) is 4.34. The van der Waals surface area contributed by atoms with Crippen molar-refractivity contribution in [1.29, 1.82) is 0 Å². The number of imidazole rings is 2. The predicted octanol–water partition coefficient (Wildman–Crippen LogP) is 2.83. The number of benzene rings is 1. The third-order valence-corrected chi connectivity index (χ3v) is 6.41. The van der Waals surface area contributed by atoms with Crippen LogP contribution in [0, 0.1) is 13.8 Å². The maximum Gasteiger partial charge on any atom is 0.333 e. The first-order chi connectivity index (χ1) is 15.7. The highest BCUT2D eigenvalue weighted by Gasteiger charge is 2.27. The zero-order chi connectivity index (χ0) is 24.0. The summed E-state index contributed by atoms with van der Waals surface area (Å²) in [5.74, 6) is -0.125. The summed E-state index contributed by atoms with van der Waals surface area (Å²) in [6.45, 7) is 7.53. The van der Waals surface area contributed by atoms with Gasteiger partial charge in [0.1, 0.15) is 6.04 Å². The maximum absolute atomic E-state index is 13.5. The van der Waals surface area contributed by atoms with Gasteiger partial charge in [-0.1, -0.05) is 25.5 Å². The van der Waals surface area contributed by atoms with E-state index in [-0.39, 0.29) is 11.2 Å². The van der Waals surface area contributed by atoms with E-state index < -0.39 is 23.3 Å². The first kappa shape index (κ1) is 22.6. The Balaban J connectivity index is 2.01. The van der Waals surface area contributed by atoms with E-state index in [9.17, 15) is 14.4 Å². The Kier molecular flexibility index (Phi) is 5.73. The third kappa shape index (κ3) is 3.39. The van der Waals surface area contributed by atoms with Gasteiger partial charge in [-0.15, -0.1) is 0 Å². The molecule has 0 aliphatic carbocycles. The Morgan fingerprint density at radius 1 is 1.12 bits per heavy atom. The molecule has 0 fully saturated rings. The smallest absolute Gasteiger partial charge is 0.333 e. The van der Waals surface area contributed by atoms with Gasteiger partial charge in [0.15, 0.2) is 11.2 Å². The first-order valence-corrected chi connectivity index (χ1v) is 11.1. The molecule has 0 N–H and O–H groups in total. The Labute approximate surface area is 190 Å². The largest absolute Gasteiger partial charge is 0.467 e. The maximum atomic E-state index is 13.5. The number of aromatic nitrogens is 5. The zero-order valence-electron chi connectivity index (χ0n) is 19.9. The predicted molar refractivity (Wildman–Crippen MR) is 126 cm³/mol. The van der Waals surface area contributed by atoms with Crippen LogP contribution in [0.15, 0.2) is 33.9 Å². The molecule has 1 atom stereocenters. The molecular formula is C24H29N5O4. The number of rotatable bonds is 6. The minimum atomic E-state index is -1.06. The van der Waals surface area contributed by atoms with E-state index in [1.807, 2.05) is 30.5 Å². The number of fused-ring (bicyclic) bond motifs is 3. The highest BCUT2D eigenvalue weighted by atomic mass is 16.5. The quantitative estimate of drug-likeness (QED) is 0.420. The number of methoxy groups -OCH3 is 1. The summed E-state index contributed by atoms with van der Waals surface area (Å²) >= 11 is 0. The van der Waals surface area contributed by atoms with Gasteiger partial charge in [0.05, 0.1) is 7.11 Å². The summed E-state index contributed by atoms with van der Waals surface area (Å²) in [4.78, 5) is 43.2. The lowest BCUT2D eigenvalue weighted by Crippen LogP contribution is -2.43. The van der Waals surface area contributed by atoms with Crippen LogP contribution in [0.5, 0.6) is 0 Å². The zero-order valence-corrected chi connectivity index (χ0v) is 19.9. The Hall–Kier alpha value is -3.62. The van der Waals surface area contributed by atoms with Crippen LogP contribution in [-0.4, -0.2) is 36.2 Å². The van der Waals surface area contributed by atoms with E-state index in [1.165, 1.54) is 24.2 Å². The normalized spacial score (nSPS) is 12.5. The number of hydrogen-bond acceptors (Lipinski definition) is 5. The Morgan fingerprint density at radius 3 is 2.39 bits per heavy atom. The van der Waals surface area contributed by atoms with Crippen LogP contribution in [0.2, 0.25) is 0 Å². The van der Waals surface area contributed by atoms with E-state index >= 15 is 0 Å². The van der Waals surface area contributed by atoms with Crippen molar-refractivity contribution in [3.05, 3.63) is 62.1 Å². The lowest BCUT2D eigenvalue weighted by atomic mass is 10.1. The van der Waals surface area contributed by atoms with Gasteiger partial charge in [-0.3, -0.25) is 18.3 Å². The summed E-state index contributed by atoms with van der Waals surface area (Å²) in [5.41, 5.74) is 3.28. The SMILES string of the molecule is CCCCc1ccc(-n2c(C)c(C)n3c4c(=O)n(C(C)C(=O)OC)c(=O)n(C)c4nc23)cc1. The van der Waals surface area contributed by atoms with Crippen molar-refractivity contribution >= 4 is 22.9 Å². The van der Waals surface area contributed by atoms with Crippen LogP contribution in [0.1, 0.15) is 49.7 Å². The van der Waals surface area contributed by atoms with Crippen LogP contribution in [0.25, 0.3) is 22.6 Å². The van der Waals surface area contributed by atoms with Crippen molar-refractivity contribution in [2.45, 2.75) is 53.0 Å². The summed E-state index contributed by atoms with van der Waals surface area (Å²) in [6.07, 6.45) is 3.31. The Morgan fingerprint density at radius 2 is 1.79 bits per heavy atom. The fraction of sp³-hybridized carbons (Fsp3) is 0.417. The lowest BCUT2D eigenvalue weighted by Gasteiger charge is -2.13. The van der Waals surface area contributed by atoms with Gasteiger partial charge in [0, 0.05) is 24.1 Å². The molecule has 0 saturated heterocycles. The molecule has 0 aliphatic rings. The summed E-state index contributed by atoms with van der Waals surface area (Å²) in [7, 11) is 2.77. The van der Waals surface area contributed by atoms with Gasteiger partial charge in [-0.25, -0.2) is 14.2 Å². The molecule has 9 nitrogen and oxygen atoms in total. The van der Waals surface area contributed by atoms with Gasteiger partial charge in [-0.2, -0.15) is 4.98 Å². The molecule has 0 spiro atoms. The summed E-state index contributed by atoms with van der Waals surface area (Å²) in [6, 6.07) is 7.26. The molecule has 9 heteroatoms. The molecule has 33 heavy (non-hydrogen) atoms. The average Bonchev–Trinajstić information content (AvgIpc) is 3.31. The summed E-state index contributed by atoms with van der Waals surface area (Å²) < 4.78 is 10.7. The van der Waals surface area contributed by atoms with Crippen LogP contribution in [0.4, 0.5) is 0 Å². The second-order valence-electron chi connectivity index (χ2n) is 8.41. The minimum absolute atomic E-state index is 0.252. The molecule has 3 heterocycles. The van der Waals surface area contributed by atoms with Crippen molar-refractivity contribution in [1.82, 2.24) is 23.1 Å². The molecule has 1 aromatic carbocycles. The molecular weight excluding hydrogens is 422 g/mol. The van der Waals surface area contributed by atoms with Crippen LogP contribution < -0.4 is 11.2 Å². The van der Waals surface area contributed by atoms with E-state index in [0.29, 0.717) is 5.78 Å². The van der Waals surface area contributed by atoms with Gasteiger partial charge >= 0.3 is 11.7 Å². The molecule has 0 amide bonds. The number of nitrogens with zero attached hydrogens (tertiary/aromatic N) is 5. The second kappa shape index (κ2) is 8.38. The van der Waals surface area contributed by atoms with Crippen molar-refractivity contribution in [3.8, 4) is 5.69 Å². The number of hydrogen-bond donors (Lipinski definition) is 0. The van der Waals surface area contributed by atoms with Gasteiger partial charge in [0.25, 0.3) is 5.56 Å². The highest BCUT2D eigenvalue weighted by molar-refractivity contribution is 5.78. The number of ether oxygens (including phenoxy) is 1. The fourth-order valence-electron chi connectivity index (χ4n) is 4.34. The van der Waals surface area contributed by atoms with Gasteiger partial charge in [-0.05, 0) is 51.3 Å². The second-order valence-corrected chi connectivity index (χ2v) is 8.41. The monoisotopic (exact) mass is 451 g/mol. The molecule has 4 rings (SSSR count). The highest BCUT2D eigenvalue weighted by Crippen LogP contribution is 2.25. The number of aryl methyl sites for hydroxylation is 3. The van der Waals surface area contributed by atoms with Crippen molar-refractivity contribution in [2.24, 2.45) is 7.05 Å². The number of unbranched alkanes of at least 4 members (excludes halogenated alkanes) is 1. The van der Waals surface area contributed by atoms with Crippen LogP contribution in [0.3, 0.4) is 0 Å². The molecule has 4 aromatic rings. The molecule has 0 aliphatic heterocycles. The van der Waals surface area contributed by atoms with E-state index in [0.717, 1.165) is 40.9 Å². The summed E-state index contributed by atoms with van der Waals surface area (Å²) in [5, 5.41) is 0. The van der Waals surface area contributed by atoms with Gasteiger partial charge < -0.3 is 4.74 Å². The Bertz CT molecular complexity index is 1480. The molecule has 0 saturated carbocycles. The molecule has 1 unspecified atom stereocenters. The third-order valence-electron chi connectivity index (χ3n) is 6.41.